The van der Waals surface area contributed by atoms with Gasteiger partial charge in [-0.15, -0.1) is 11.8 Å². The number of nitrogens with one attached hydrogen (secondary N) is 1. The predicted molar refractivity (Wildman–Crippen MR) is 98.7 cm³/mol. The number of hydrogen-bond donors (Lipinski definition) is 1. The molecule has 0 amide bonds. The maximum atomic E-state index is 12.4. The fourth-order valence-electron chi connectivity index (χ4n) is 2.24. The van der Waals surface area contributed by atoms with Crippen LogP contribution in [0, 0.1) is 5.41 Å². The third-order valence-corrected chi connectivity index (χ3v) is 6.41. The van der Waals surface area contributed by atoms with E-state index in [0.717, 1.165) is 5.56 Å². The summed E-state index contributed by atoms with van der Waals surface area (Å²) in [6, 6.07) is 14.5. The van der Waals surface area contributed by atoms with Crippen molar-refractivity contribution in [2.24, 2.45) is 0 Å². The molecule has 0 fully saturated rings. The van der Waals surface area contributed by atoms with E-state index in [2.05, 4.69) is 30.3 Å². The van der Waals surface area contributed by atoms with Crippen LogP contribution < -0.4 is 0 Å². The summed E-state index contributed by atoms with van der Waals surface area (Å²) in [6.45, 7) is 4.19. The van der Waals surface area contributed by atoms with E-state index in [1.807, 2.05) is 12.1 Å². The molecule has 0 bridgehead atoms. The van der Waals surface area contributed by atoms with Crippen LogP contribution in [0.3, 0.4) is 0 Å². The molecule has 0 aliphatic rings. The minimum absolute atomic E-state index is 0.0347. The van der Waals surface area contributed by atoms with Gasteiger partial charge in [-0.1, -0.05) is 42.5 Å². The van der Waals surface area contributed by atoms with E-state index in [-0.39, 0.29) is 6.16 Å². The Hall–Kier alpha value is -1.13. The minimum atomic E-state index is -3.18. The lowest BCUT2D eigenvalue weighted by atomic mass is 10.1. The SMILES string of the molecule is CCOP(=O)(CC(=N)SCc1ccc2ccccc2c1)OCC. The van der Waals surface area contributed by atoms with Crippen LogP contribution in [0.2, 0.25) is 0 Å². The smallest absolute Gasteiger partial charge is 0.309 e. The molecule has 0 saturated heterocycles. The first-order valence-electron chi connectivity index (χ1n) is 7.62. The summed E-state index contributed by atoms with van der Waals surface area (Å²) < 4.78 is 22.9. The third kappa shape index (κ3) is 5.47. The summed E-state index contributed by atoms with van der Waals surface area (Å²) in [6.07, 6.45) is 0.0347. The molecule has 0 atom stereocenters. The Morgan fingerprint density at radius 3 is 2.39 bits per heavy atom. The molecule has 1 N–H and O–H groups in total. The maximum Gasteiger partial charge on any atom is 0.337 e. The van der Waals surface area contributed by atoms with Gasteiger partial charge in [0.05, 0.1) is 24.4 Å². The average Bonchev–Trinajstić information content (AvgIpc) is 2.53. The second kappa shape index (κ2) is 8.65. The van der Waals surface area contributed by atoms with Gasteiger partial charge in [-0.3, -0.25) is 9.97 Å². The monoisotopic (exact) mass is 351 g/mol. The van der Waals surface area contributed by atoms with Gasteiger partial charge in [0.2, 0.25) is 0 Å². The molecule has 0 aliphatic carbocycles. The van der Waals surface area contributed by atoms with Gasteiger partial charge in [-0.2, -0.15) is 0 Å². The maximum absolute atomic E-state index is 12.4. The van der Waals surface area contributed by atoms with Crippen molar-refractivity contribution >= 4 is 35.2 Å². The zero-order chi connectivity index (χ0) is 16.7. The lowest BCUT2D eigenvalue weighted by molar-refractivity contribution is 0.223. The predicted octanol–water partition coefficient (Wildman–Crippen LogP) is 5.32. The highest BCUT2D eigenvalue weighted by atomic mass is 32.2. The van der Waals surface area contributed by atoms with Crippen molar-refractivity contribution in [2.75, 3.05) is 19.4 Å². The van der Waals surface area contributed by atoms with Crippen molar-refractivity contribution in [3.05, 3.63) is 48.0 Å². The van der Waals surface area contributed by atoms with Crippen LogP contribution >= 0.6 is 19.4 Å². The second-order valence-electron chi connectivity index (χ2n) is 5.00. The molecular weight excluding hydrogens is 329 g/mol. The standard InChI is InChI=1S/C17H22NO3PS/c1-3-20-22(19,21-4-2)12-17(18)23-13-14-9-10-15-7-5-6-8-16(15)11-14/h5-11,18H,3-4,12-13H2,1-2H3. The highest BCUT2D eigenvalue weighted by Gasteiger charge is 2.25. The van der Waals surface area contributed by atoms with E-state index in [1.54, 1.807) is 13.8 Å². The fourth-order valence-corrected chi connectivity index (χ4v) is 5.00. The van der Waals surface area contributed by atoms with E-state index in [0.29, 0.717) is 24.0 Å². The lowest BCUT2D eigenvalue weighted by Gasteiger charge is -2.17. The van der Waals surface area contributed by atoms with Gasteiger partial charge in [-0.25, -0.2) is 0 Å². The molecule has 23 heavy (non-hydrogen) atoms. The molecule has 0 aromatic heterocycles. The zero-order valence-electron chi connectivity index (χ0n) is 13.5. The summed E-state index contributed by atoms with van der Waals surface area (Å²) >= 11 is 1.37. The molecule has 0 heterocycles. The molecule has 0 unspecified atom stereocenters. The largest absolute Gasteiger partial charge is 0.337 e. The highest BCUT2D eigenvalue weighted by Crippen LogP contribution is 2.48. The first-order chi connectivity index (χ1) is 11.1. The van der Waals surface area contributed by atoms with Crippen LogP contribution in [0.1, 0.15) is 19.4 Å². The number of hydrogen-bond acceptors (Lipinski definition) is 5. The first kappa shape index (κ1) is 18.2. The quantitative estimate of drug-likeness (QED) is 0.397. The molecule has 2 aromatic rings. The van der Waals surface area contributed by atoms with Crippen LogP contribution in [-0.4, -0.2) is 24.4 Å². The Bertz CT molecular complexity index is 710. The van der Waals surface area contributed by atoms with Gasteiger partial charge in [0, 0.05) is 5.75 Å². The van der Waals surface area contributed by atoms with Crippen molar-refractivity contribution in [1.82, 2.24) is 0 Å². The van der Waals surface area contributed by atoms with E-state index in [1.165, 1.54) is 22.5 Å². The van der Waals surface area contributed by atoms with Gasteiger partial charge in [-0.05, 0) is 30.2 Å². The summed E-state index contributed by atoms with van der Waals surface area (Å²) in [5.74, 6) is 0.669. The molecule has 6 heteroatoms. The van der Waals surface area contributed by atoms with E-state index in [9.17, 15) is 4.57 Å². The lowest BCUT2D eigenvalue weighted by Crippen LogP contribution is -2.06. The highest BCUT2D eigenvalue weighted by molar-refractivity contribution is 8.13. The van der Waals surface area contributed by atoms with Gasteiger partial charge < -0.3 is 9.05 Å². The summed E-state index contributed by atoms with van der Waals surface area (Å²) in [4.78, 5) is 0. The van der Waals surface area contributed by atoms with Crippen molar-refractivity contribution in [3.63, 3.8) is 0 Å². The number of benzene rings is 2. The van der Waals surface area contributed by atoms with E-state index < -0.39 is 7.60 Å². The van der Waals surface area contributed by atoms with Crippen molar-refractivity contribution < 1.29 is 13.6 Å². The van der Waals surface area contributed by atoms with Crippen LogP contribution in [0.4, 0.5) is 0 Å². The second-order valence-corrected chi connectivity index (χ2v) is 8.12. The number of fused-ring (bicyclic) bond motifs is 1. The Morgan fingerprint density at radius 2 is 1.74 bits per heavy atom. The van der Waals surface area contributed by atoms with Crippen molar-refractivity contribution in [3.8, 4) is 0 Å². The Balaban J connectivity index is 1.95. The molecule has 2 rings (SSSR count). The molecule has 0 saturated carbocycles. The van der Waals surface area contributed by atoms with Gasteiger partial charge in [0.25, 0.3) is 0 Å². The number of thioether (sulfide) groups is 1. The number of rotatable bonds is 8. The molecule has 0 aliphatic heterocycles. The molecule has 2 aromatic carbocycles. The van der Waals surface area contributed by atoms with Crippen molar-refractivity contribution in [2.45, 2.75) is 19.6 Å². The topological polar surface area (TPSA) is 59.4 Å². The van der Waals surface area contributed by atoms with Crippen LogP contribution in [-0.2, 0) is 19.4 Å². The Labute approximate surface area is 141 Å². The van der Waals surface area contributed by atoms with Gasteiger partial charge >= 0.3 is 7.60 Å². The first-order valence-corrected chi connectivity index (χ1v) is 10.3. The van der Waals surface area contributed by atoms with Crippen LogP contribution in [0.5, 0.6) is 0 Å². The molecule has 0 spiro atoms. The molecule has 124 valence electrons. The van der Waals surface area contributed by atoms with E-state index in [4.69, 9.17) is 14.5 Å². The Kier molecular flexibility index (Phi) is 6.85. The summed E-state index contributed by atoms with van der Waals surface area (Å²) in [7, 11) is -3.18. The van der Waals surface area contributed by atoms with E-state index >= 15 is 0 Å². The third-order valence-electron chi connectivity index (χ3n) is 3.22. The minimum Gasteiger partial charge on any atom is -0.309 e. The van der Waals surface area contributed by atoms with Crippen LogP contribution in [0.15, 0.2) is 42.5 Å². The zero-order valence-corrected chi connectivity index (χ0v) is 15.2. The molecular formula is C17H22NO3PS. The molecule has 4 nitrogen and oxygen atoms in total. The Morgan fingerprint density at radius 1 is 1.09 bits per heavy atom. The average molecular weight is 351 g/mol. The fraction of sp³-hybridized carbons (Fsp3) is 0.353. The normalized spacial score (nSPS) is 11.7. The summed E-state index contributed by atoms with van der Waals surface area (Å²) in [5.41, 5.74) is 1.14. The van der Waals surface area contributed by atoms with Gasteiger partial charge in [0.15, 0.2) is 0 Å². The molecule has 0 radical (unpaired) electrons. The van der Waals surface area contributed by atoms with Crippen LogP contribution in [0.25, 0.3) is 10.8 Å². The van der Waals surface area contributed by atoms with Gasteiger partial charge in [0.1, 0.15) is 0 Å². The summed E-state index contributed by atoms with van der Waals surface area (Å²) in [5, 5.41) is 10.8. The van der Waals surface area contributed by atoms with Crippen molar-refractivity contribution in [1.29, 1.82) is 5.41 Å².